The molecule has 0 radical (unpaired) electrons. The van der Waals surface area contributed by atoms with Crippen molar-refractivity contribution >= 4 is 17.3 Å². The van der Waals surface area contributed by atoms with Crippen LogP contribution in [0.4, 0.5) is 11.4 Å². The number of benzene rings is 1. The zero-order chi connectivity index (χ0) is 15.2. The van der Waals surface area contributed by atoms with Crippen molar-refractivity contribution in [2.75, 3.05) is 19.0 Å². The van der Waals surface area contributed by atoms with E-state index in [0.717, 1.165) is 12.8 Å². The lowest BCUT2D eigenvalue weighted by Crippen LogP contribution is -2.34. The standard InChI is InChI=1S/C14H19N3O4/c1-21-13-7-6-11(8-12(13)17(19)20)16-14(18)9-15-10-4-2-3-5-10/h6-8,10,15H,2-5,9H2,1H3,(H,16,18). The van der Waals surface area contributed by atoms with E-state index >= 15 is 0 Å². The third kappa shape index (κ3) is 4.16. The monoisotopic (exact) mass is 293 g/mol. The summed E-state index contributed by atoms with van der Waals surface area (Å²) in [5.74, 6) is -0.0385. The van der Waals surface area contributed by atoms with E-state index in [0.29, 0.717) is 11.7 Å². The van der Waals surface area contributed by atoms with E-state index in [1.165, 1.54) is 32.1 Å². The molecule has 1 amide bonds. The first kappa shape index (κ1) is 15.2. The summed E-state index contributed by atoms with van der Waals surface area (Å²) < 4.78 is 4.91. The molecule has 0 spiro atoms. The van der Waals surface area contributed by atoms with Gasteiger partial charge in [-0.15, -0.1) is 0 Å². The number of hydrogen-bond acceptors (Lipinski definition) is 5. The number of nitro benzene ring substituents is 1. The summed E-state index contributed by atoms with van der Waals surface area (Å²) in [5, 5.41) is 16.8. The largest absolute Gasteiger partial charge is 0.490 e. The van der Waals surface area contributed by atoms with Gasteiger partial charge in [0.2, 0.25) is 5.91 Å². The molecule has 1 fully saturated rings. The Morgan fingerprint density at radius 1 is 1.43 bits per heavy atom. The minimum atomic E-state index is -0.536. The molecule has 114 valence electrons. The fraction of sp³-hybridized carbons (Fsp3) is 0.500. The maximum Gasteiger partial charge on any atom is 0.312 e. The van der Waals surface area contributed by atoms with Crippen LogP contribution in [0.1, 0.15) is 25.7 Å². The number of carbonyl (C=O) groups is 1. The molecule has 1 saturated carbocycles. The Hall–Kier alpha value is -2.15. The number of rotatable bonds is 6. The highest BCUT2D eigenvalue weighted by Gasteiger charge is 2.17. The van der Waals surface area contributed by atoms with E-state index < -0.39 is 4.92 Å². The first-order chi connectivity index (χ1) is 10.1. The summed E-state index contributed by atoms with van der Waals surface area (Å²) in [6, 6.07) is 4.75. The Labute approximate surface area is 122 Å². The lowest BCUT2D eigenvalue weighted by atomic mass is 10.2. The zero-order valence-electron chi connectivity index (χ0n) is 11.9. The van der Waals surface area contributed by atoms with Crippen molar-refractivity contribution < 1.29 is 14.5 Å². The molecule has 0 aromatic heterocycles. The molecule has 2 N–H and O–H groups in total. The highest BCUT2D eigenvalue weighted by molar-refractivity contribution is 5.92. The van der Waals surface area contributed by atoms with Crippen molar-refractivity contribution in [1.29, 1.82) is 0 Å². The fourth-order valence-electron chi connectivity index (χ4n) is 2.48. The Bertz CT molecular complexity index is 527. The Balaban J connectivity index is 1.93. The van der Waals surface area contributed by atoms with Crippen molar-refractivity contribution in [2.45, 2.75) is 31.7 Å². The Kier molecular flexibility index (Phi) is 5.10. The van der Waals surface area contributed by atoms with Crippen molar-refractivity contribution in [3.8, 4) is 5.75 Å². The summed E-state index contributed by atoms with van der Waals surface area (Å²) in [6.07, 6.45) is 4.59. The van der Waals surface area contributed by atoms with Gasteiger partial charge in [-0.1, -0.05) is 12.8 Å². The lowest BCUT2D eigenvalue weighted by molar-refractivity contribution is -0.385. The van der Waals surface area contributed by atoms with E-state index in [1.54, 1.807) is 6.07 Å². The summed E-state index contributed by atoms with van der Waals surface area (Å²) in [4.78, 5) is 22.2. The number of carbonyl (C=O) groups excluding carboxylic acids is 1. The highest BCUT2D eigenvalue weighted by atomic mass is 16.6. The van der Waals surface area contributed by atoms with E-state index in [2.05, 4.69) is 10.6 Å². The number of hydrogen-bond donors (Lipinski definition) is 2. The van der Waals surface area contributed by atoms with Gasteiger partial charge < -0.3 is 15.4 Å². The summed E-state index contributed by atoms with van der Waals surface area (Å²) in [6.45, 7) is 0.213. The number of methoxy groups -OCH3 is 1. The van der Waals surface area contributed by atoms with Crippen LogP contribution >= 0.6 is 0 Å². The molecular formula is C14H19N3O4. The number of nitrogens with zero attached hydrogens (tertiary/aromatic N) is 1. The molecule has 7 heteroatoms. The van der Waals surface area contributed by atoms with Crippen molar-refractivity contribution in [3.63, 3.8) is 0 Å². The average Bonchev–Trinajstić information content (AvgIpc) is 2.98. The van der Waals surface area contributed by atoms with Gasteiger partial charge in [0, 0.05) is 17.8 Å². The van der Waals surface area contributed by atoms with Gasteiger partial charge in [-0.2, -0.15) is 0 Å². The third-order valence-corrected chi connectivity index (χ3v) is 3.57. The smallest absolute Gasteiger partial charge is 0.312 e. The van der Waals surface area contributed by atoms with E-state index in [-0.39, 0.29) is 23.9 Å². The van der Waals surface area contributed by atoms with Gasteiger partial charge in [-0.05, 0) is 25.0 Å². The Morgan fingerprint density at radius 3 is 2.76 bits per heavy atom. The fourth-order valence-corrected chi connectivity index (χ4v) is 2.48. The minimum Gasteiger partial charge on any atom is -0.490 e. The molecule has 21 heavy (non-hydrogen) atoms. The average molecular weight is 293 g/mol. The number of nitrogens with one attached hydrogen (secondary N) is 2. The molecule has 0 bridgehead atoms. The predicted octanol–water partition coefficient (Wildman–Crippen LogP) is 2.07. The van der Waals surface area contributed by atoms with Gasteiger partial charge in [-0.25, -0.2) is 0 Å². The van der Waals surface area contributed by atoms with Crippen LogP contribution < -0.4 is 15.4 Å². The van der Waals surface area contributed by atoms with Gasteiger partial charge >= 0.3 is 5.69 Å². The first-order valence-corrected chi connectivity index (χ1v) is 6.96. The van der Waals surface area contributed by atoms with Crippen LogP contribution in [0.2, 0.25) is 0 Å². The van der Waals surface area contributed by atoms with E-state index in [1.807, 2.05) is 0 Å². The van der Waals surface area contributed by atoms with Crippen LogP contribution in [-0.2, 0) is 4.79 Å². The van der Waals surface area contributed by atoms with Gasteiger partial charge in [0.05, 0.1) is 18.6 Å². The van der Waals surface area contributed by atoms with Crippen molar-refractivity contribution in [2.24, 2.45) is 0 Å². The third-order valence-electron chi connectivity index (χ3n) is 3.57. The molecule has 2 rings (SSSR count). The van der Waals surface area contributed by atoms with Crippen LogP contribution in [0.5, 0.6) is 5.75 Å². The molecule has 1 aliphatic rings. The molecular weight excluding hydrogens is 274 g/mol. The molecule has 1 aliphatic carbocycles. The lowest BCUT2D eigenvalue weighted by Gasteiger charge is -2.12. The normalized spacial score (nSPS) is 14.9. The summed E-state index contributed by atoms with van der Waals surface area (Å²) in [5.41, 5.74) is 0.222. The molecule has 0 saturated heterocycles. The predicted molar refractivity (Wildman–Crippen MR) is 78.5 cm³/mol. The van der Waals surface area contributed by atoms with Crippen LogP contribution in [0.25, 0.3) is 0 Å². The molecule has 0 unspecified atom stereocenters. The second-order valence-corrected chi connectivity index (χ2v) is 5.05. The van der Waals surface area contributed by atoms with Gasteiger partial charge in [0.15, 0.2) is 5.75 Å². The number of nitro groups is 1. The minimum absolute atomic E-state index is 0.168. The van der Waals surface area contributed by atoms with Crippen LogP contribution in [0.3, 0.4) is 0 Å². The van der Waals surface area contributed by atoms with E-state index in [9.17, 15) is 14.9 Å². The van der Waals surface area contributed by atoms with Gasteiger partial charge in [-0.3, -0.25) is 14.9 Å². The second kappa shape index (κ2) is 7.03. The first-order valence-electron chi connectivity index (χ1n) is 6.96. The van der Waals surface area contributed by atoms with Gasteiger partial charge in [0.25, 0.3) is 0 Å². The SMILES string of the molecule is COc1ccc(NC(=O)CNC2CCCC2)cc1[N+](=O)[O-]. The second-order valence-electron chi connectivity index (χ2n) is 5.05. The molecule has 7 nitrogen and oxygen atoms in total. The van der Waals surface area contributed by atoms with Crippen LogP contribution in [0.15, 0.2) is 18.2 Å². The number of anilines is 1. The van der Waals surface area contributed by atoms with Gasteiger partial charge in [0.1, 0.15) is 0 Å². The molecule has 0 aliphatic heterocycles. The zero-order valence-corrected chi connectivity index (χ0v) is 11.9. The van der Waals surface area contributed by atoms with Crippen molar-refractivity contribution in [1.82, 2.24) is 5.32 Å². The quantitative estimate of drug-likeness (QED) is 0.618. The maximum absolute atomic E-state index is 11.8. The Morgan fingerprint density at radius 2 is 2.14 bits per heavy atom. The highest BCUT2D eigenvalue weighted by Crippen LogP contribution is 2.29. The number of amides is 1. The van der Waals surface area contributed by atoms with Crippen LogP contribution in [-0.4, -0.2) is 30.5 Å². The van der Waals surface area contributed by atoms with Crippen LogP contribution in [0, 0.1) is 10.1 Å². The van der Waals surface area contributed by atoms with Crippen molar-refractivity contribution in [3.05, 3.63) is 28.3 Å². The molecule has 1 aromatic carbocycles. The maximum atomic E-state index is 11.8. The topological polar surface area (TPSA) is 93.5 Å². The molecule has 0 atom stereocenters. The molecule has 0 heterocycles. The number of ether oxygens (including phenoxy) is 1. The summed E-state index contributed by atoms with van der Waals surface area (Å²) in [7, 11) is 1.37. The van der Waals surface area contributed by atoms with E-state index in [4.69, 9.17) is 4.74 Å². The molecule has 1 aromatic rings. The summed E-state index contributed by atoms with van der Waals surface area (Å²) >= 11 is 0.